The number of esters is 1. The van der Waals surface area contributed by atoms with Crippen molar-refractivity contribution in [2.75, 3.05) is 6.61 Å². The topological polar surface area (TPSA) is 151 Å². The van der Waals surface area contributed by atoms with Crippen molar-refractivity contribution in [1.82, 2.24) is 9.97 Å². The van der Waals surface area contributed by atoms with Crippen molar-refractivity contribution < 1.29 is 39.4 Å². The van der Waals surface area contributed by atoms with Gasteiger partial charge >= 0.3 is 5.97 Å². The van der Waals surface area contributed by atoms with Crippen LogP contribution >= 0.6 is 11.6 Å². The molecule has 5 atom stereocenters. The number of carbonyl (C=O) groups is 1. The lowest BCUT2D eigenvalue weighted by Gasteiger charge is -2.37. The van der Waals surface area contributed by atoms with Crippen LogP contribution in [0.1, 0.15) is 23.3 Å². The van der Waals surface area contributed by atoms with Gasteiger partial charge in [-0.3, -0.25) is 0 Å². The molecule has 0 amide bonds. The maximum atomic E-state index is 12.4. The summed E-state index contributed by atoms with van der Waals surface area (Å²) >= 11 is 6.28. The molecule has 166 valence electrons. The van der Waals surface area contributed by atoms with Gasteiger partial charge in [-0.1, -0.05) is 11.6 Å². The molecule has 1 aromatic heterocycles. The minimum atomic E-state index is -1.72. The highest BCUT2D eigenvalue weighted by atomic mass is 35.5. The molecule has 2 heterocycles. The van der Waals surface area contributed by atoms with E-state index in [1.165, 1.54) is 12.4 Å². The van der Waals surface area contributed by atoms with Gasteiger partial charge in [0.1, 0.15) is 43.1 Å². The Labute approximate surface area is 182 Å². The second-order valence-electron chi connectivity index (χ2n) is 7.39. The van der Waals surface area contributed by atoms with E-state index in [-0.39, 0.29) is 11.8 Å². The quantitative estimate of drug-likeness (QED) is 0.450. The van der Waals surface area contributed by atoms with E-state index in [2.05, 4.69) is 9.97 Å². The molecular weight excluding hydrogens is 432 g/mol. The molecule has 1 aliphatic carbocycles. The van der Waals surface area contributed by atoms with Gasteiger partial charge in [0.15, 0.2) is 12.0 Å². The Morgan fingerprint density at radius 3 is 2.58 bits per heavy atom. The minimum Gasteiger partial charge on any atom is -0.489 e. The lowest BCUT2D eigenvalue weighted by molar-refractivity contribution is -0.286. The molecule has 1 saturated heterocycles. The van der Waals surface area contributed by atoms with Crippen molar-refractivity contribution in [3.63, 3.8) is 0 Å². The number of halogens is 1. The molecule has 0 spiro atoms. The molecule has 1 unspecified atom stereocenters. The fourth-order valence-electron chi connectivity index (χ4n) is 3.05. The van der Waals surface area contributed by atoms with Gasteiger partial charge in [0, 0.05) is 5.56 Å². The Morgan fingerprint density at radius 2 is 1.87 bits per heavy atom. The van der Waals surface area contributed by atoms with Gasteiger partial charge in [0.05, 0.1) is 16.8 Å². The number of aliphatic hydroxyl groups excluding tert-OH is 4. The lowest BCUT2D eigenvalue weighted by atomic mass is 9.99. The molecule has 1 aromatic carbocycles. The molecular formula is C20H21ClN2O8. The predicted octanol–water partition coefficient (Wildman–Crippen LogP) is 0.295. The van der Waals surface area contributed by atoms with E-state index in [9.17, 15) is 25.2 Å². The second kappa shape index (κ2) is 9.03. The van der Waals surface area contributed by atoms with Gasteiger partial charge in [0.2, 0.25) is 0 Å². The molecule has 4 rings (SSSR count). The SMILES string of the molecule is O=C(OC[C@H]1OC(O)[C@H](O)[C@@H](O)[C@@H]1O)c1cc(-c2ccc(OC3CC3)c(Cl)c2)ncn1. The van der Waals surface area contributed by atoms with Crippen LogP contribution in [0.2, 0.25) is 5.02 Å². The zero-order valence-corrected chi connectivity index (χ0v) is 16.9. The van der Waals surface area contributed by atoms with Crippen LogP contribution in [0, 0.1) is 0 Å². The third-order valence-corrected chi connectivity index (χ3v) is 5.28. The number of ether oxygens (including phenoxy) is 3. The van der Waals surface area contributed by atoms with E-state index >= 15 is 0 Å². The van der Waals surface area contributed by atoms with Crippen LogP contribution in [0.3, 0.4) is 0 Å². The molecule has 4 N–H and O–H groups in total. The van der Waals surface area contributed by atoms with Crippen molar-refractivity contribution >= 4 is 17.6 Å². The van der Waals surface area contributed by atoms with Crippen molar-refractivity contribution in [2.24, 2.45) is 0 Å². The van der Waals surface area contributed by atoms with Gasteiger partial charge in [-0.15, -0.1) is 0 Å². The first kappa shape index (κ1) is 21.9. The summed E-state index contributed by atoms with van der Waals surface area (Å²) in [5.41, 5.74) is 1.03. The molecule has 0 bridgehead atoms. The van der Waals surface area contributed by atoms with Crippen molar-refractivity contribution in [1.29, 1.82) is 0 Å². The normalized spacial score (nSPS) is 28.2. The first-order chi connectivity index (χ1) is 14.8. The third-order valence-electron chi connectivity index (χ3n) is 4.99. The van der Waals surface area contributed by atoms with Crippen molar-refractivity contribution in [3.8, 4) is 17.0 Å². The van der Waals surface area contributed by atoms with Crippen LogP contribution in [0.15, 0.2) is 30.6 Å². The van der Waals surface area contributed by atoms with Crippen LogP contribution in [0.25, 0.3) is 11.3 Å². The Morgan fingerprint density at radius 1 is 1.10 bits per heavy atom. The number of carbonyl (C=O) groups excluding carboxylic acids is 1. The number of aromatic nitrogens is 2. The maximum Gasteiger partial charge on any atom is 0.357 e. The summed E-state index contributed by atoms with van der Waals surface area (Å²) in [6, 6.07) is 6.60. The first-order valence-electron chi connectivity index (χ1n) is 9.67. The van der Waals surface area contributed by atoms with Gasteiger partial charge in [0.25, 0.3) is 0 Å². The fourth-order valence-corrected chi connectivity index (χ4v) is 3.27. The van der Waals surface area contributed by atoms with E-state index in [0.717, 1.165) is 12.8 Å². The largest absolute Gasteiger partial charge is 0.489 e. The highest BCUT2D eigenvalue weighted by Crippen LogP contribution is 2.34. The molecule has 1 saturated carbocycles. The fraction of sp³-hybridized carbons (Fsp3) is 0.450. The molecule has 11 heteroatoms. The summed E-state index contributed by atoms with van der Waals surface area (Å²) in [7, 11) is 0. The maximum absolute atomic E-state index is 12.4. The van der Waals surface area contributed by atoms with Crippen LogP contribution in [-0.2, 0) is 9.47 Å². The van der Waals surface area contributed by atoms with Gasteiger partial charge < -0.3 is 34.6 Å². The van der Waals surface area contributed by atoms with Crippen LogP contribution < -0.4 is 4.74 Å². The third kappa shape index (κ3) is 4.95. The van der Waals surface area contributed by atoms with Crippen LogP contribution in [0.4, 0.5) is 0 Å². The Kier molecular flexibility index (Phi) is 6.37. The van der Waals surface area contributed by atoms with E-state index < -0.39 is 43.3 Å². The summed E-state index contributed by atoms with van der Waals surface area (Å²) in [6.07, 6.45) is -4.38. The van der Waals surface area contributed by atoms with Crippen molar-refractivity contribution in [3.05, 3.63) is 41.3 Å². The molecule has 31 heavy (non-hydrogen) atoms. The molecule has 2 aliphatic rings. The average molecular weight is 453 g/mol. The number of aliphatic hydroxyl groups is 4. The molecule has 0 radical (unpaired) electrons. The summed E-state index contributed by atoms with van der Waals surface area (Å²) in [6.45, 7) is -0.473. The zero-order chi connectivity index (χ0) is 22.1. The van der Waals surface area contributed by atoms with Crippen LogP contribution in [0.5, 0.6) is 5.75 Å². The Bertz CT molecular complexity index is 957. The second-order valence-corrected chi connectivity index (χ2v) is 7.79. The number of rotatable bonds is 6. The molecule has 2 fully saturated rings. The standard InChI is InChI=1S/C20H21ClN2O8/c21-11-5-9(1-4-14(11)30-10-2-3-10)12-6-13(23-8-22-12)19(27)29-7-15-16(24)17(25)18(26)20(28)31-15/h1,4-6,8,10,15-18,20,24-26,28H,2-3,7H2/t15-,16-,17+,18-,20?/m1/s1. The Balaban J connectivity index is 1.42. The summed E-state index contributed by atoms with van der Waals surface area (Å²) in [4.78, 5) is 20.4. The summed E-state index contributed by atoms with van der Waals surface area (Å²) in [5.74, 6) is -0.239. The monoisotopic (exact) mass is 452 g/mol. The molecule has 1 aliphatic heterocycles. The average Bonchev–Trinajstić information content (AvgIpc) is 3.59. The smallest absolute Gasteiger partial charge is 0.357 e. The van der Waals surface area contributed by atoms with Crippen molar-refractivity contribution in [2.45, 2.75) is 49.7 Å². The van der Waals surface area contributed by atoms with Gasteiger partial charge in [-0.25, -0.2) is 14.8 Å². The molecule has 2 aromatic rings. The van der Waals surface area contributed by atoms with Gasteiger partial charge in [-0.2, -0.15) is 0 Å². The van der Waals surface area contributed by atoms with E-state index in [1.807, 2.05) is 0 Å². The summed E-state index contributed by atoms with van der Waals surface area (Å²) in [5, 5.41) is 39.1. The van der Waals surface area contributed by atoms with E-state index in [4.69, 9.17) is 25.8 Å². The van der Waals surface area contributed by atoms with Gasteiger partial charge in [-0.05, 0) is 37.1 Å². The highest BCUT2D eigenvalue weighted by Gasteiger charge is 2.43. The predicted molar refractivity (Wildman–Crippen MR) is 105 cm³/mol. The number of nitrogens with zero attached hydrogens (tertiary/aromatic N) is 2. The Hall–Kier alpha value is -2.34. The minimum absolute atomic E-state index is 0.0501. The van der Waals surface area contributed by atoms with Crippen LogP contribution in [-0.4, -0.2) is 79.8 Å². The van der Waals surface area contributed by atoms with E-state index in [0.29, 0.717) is 22.0 Å². The number of benzene rings is 1. The van der Waals surface area contributed by atoms with E-state index in [1.54, 1.807) is 18.2 Å². The highest BCUT2D eigenvalue weighted by molar-refractivity contribution is 6.32. The summed E-state index contributed by atoms with van der Waals surface area (Å²) < 4.78 is 15.8. The first-order valence-corrected chi connectivity index (χ1v) is 10.0. The molecule has 10 nitrogen and oxygen atoms in total. The number of hydrogen-bond acceptors (Lipinski definition) is 10. The number of hydrogen-bond donors (Lipinski definition) is 4. The lowest BCUT2D eigenvalue weighted by Crippen LogP contribution is -2.58. The zero-order valence-electron chi connectivity index (χ0n) is 16.2.